The van der Waals surface area contributed by atoms with Gasteiger partial charge in [-0.15, -0.1) is 11.3 Å². The molecular weight excluding hydrogens is 468 g/mol. The molecule has 0 aliphatic rings. The first-order valence-electron chi connectivity index (χ1n) is 9.03. The van der Waals surface area contributed by atoms with Gasteiger partial charge in [-0.2, -0.15) is 0 Å². The number of aromatic carboxylic acids is 1. The number of hydrogen-bond acceptors (Lipinski definition) is 5. The van der Waals surface area contributed by atoms with Gasteiger partial charge < -0.3 is 14.8 Å². The average molecular weight is 487 g/mol. The summed E-state index contributed by atoms with van der Waals surface area (Å²) in [5.41, 5.74) is 1.87. The zero-order valence-corrected chi connectivity index (χ0v) is 18.5. The monoisotopic (exact) mass is 486 g/mol. The van der Waals surface area contributed by atoms with Gasteiger partial charge in [0.2, 0.25) is 0 Å². The molecule has 30 heavy (non-hydrogen) atoms. The number of halogens is 1. The number of rotatable bonds is 8. The summed E-state index contributed by atoms with van der Waals surface area (Å²) in [6.07, 6.45) is 0. The smallest absolute Gasteiger partial charge is 0.337 e. The molecule has 0 aliphatic carbocycles. The van der Waals surface area contributed by atoms with Gasteiger partial charge in [0.25, 0.3) is 5.91 Å². The summed E-state index contributed by atoms with van der Waals surface area (Å²) in [6, 6.07) is 17.7. The van der Waals surface area contributed by atoms with Crippen LogP contribution < -0.4 is 4.90 Å². The number of nitrogens with zero attached hydrogens (tertiary/aromatic N) is 2. The second kappa shape index (κ2) is 10.2. The van der Waals surface area contributed by atoms with Gasteiger partial charge in [-0.1, -0.05) is 51.4 Å². The van der Waals surface area contributed by atoms with Crippen molar-refractivity contribution < 1.29 is 19.5 Å². The maximum absolute atomic E-state index is 13.0. The molecule has 0 radical (unpaired) electrons. The Morgan fingerprint density at radius 3 is 2.50 bits per heavy atom. The van der Waals surface area contributed by atoms with E-state index in [2.05, 4.69) is 21.1 Å². The van der Waals surface area contributed by atoms with E-state index in [4.69, 9.17) is 4.84 Å². The molecule has 0 spiro atoms. The number of carbonyl (C=O) groups excluding carboxylic acids is 1. The quantitative estimate of drug-likeness (QED) is 0.351. The Kier molecular flexibility index (Phi) is 7.37. The number of carboxylic acids is 1. The lowest BCUT2D eigenvalue weighted by Crippen LogP contribution is -2.34. The van der Waals surface area contributed by atoms with E-state index in [-0.39, 0.29) is 18.7 Å². The second-order valence-electron chi connectivity index (χ2n) is 6.36. The fraction of sp³-hybridized carbons (Fsp3) is 0.136. The summed E-state index contributed by atoms with van der Waals surface area (Å²) in [6.45, 7) is 1.69. The van der Waals surface area contributed by atoms with Crippen molar-refractivity contribution in [1.82, 2.24) is 0 Å². The van der Waals surface area contributed by atoms with Crippen molar-refractivity contribution >= 4 is 50.5 Å². The molecule has 0 aliphatic heterocycles. The highest BCUT2D eigenvalue weighted by molar-refractivity contribution is 9.10. The molecule has 1 aromatic heterocycles. The minimum absolute atomic E-state index is 0.0428. The lowest BCUT2D eigenvalue weighted by atomic mass is 10.1. The zero-order valence-electron chi connectivity index (χ0n) is 16.1. The molecule has 0 saturated carbocycles. The zero-order chi connectivity index (χ0) is 21.5. The fourth-order valence-electron chi connectivity index (χ4n) is 2.76. The minimum Gasteiger partial charge on any atom is -0.478 e. The van der Waals surface area contributed by atoms with E-state index in [1.165, 1.54) is 22.3 Å². The van der Waals surface area contributed by atoms with Gasteiger partial charge in [0.1, 0.15) is 0 Å². The summed E-state index contributed by atoms with van der Waals surface area (Å²) in [5.74, 6) is -1.50. The Hall–Kier alpha value is -2.97. The molecule has 6 nitrogen and oxygen atoms in total. The summed E-state index contributed by atoms with van der Waals surface area (Å²) in [4.78, 5) is 32.3. The molecule has 0 fully saturated rings. The minimum atomic E-state index is -1.10. The van der Waals surface area contributed by atoms with Crippen LogP contribution >= 0.6 is 27.3 Å². The molecule has 1 heterocycles. The topological polar surface area (TPSA) is 79.2 Å². The molecule has 1 N–H and O–H groups in total. The summed E-state index contributed by atoms with van der Waals surface area (Å²) >= 11 is 4.91. The lowest BCUT2D eigenvalue weighted by Gasteiger charge is -2.24. The van der Waals surface area contributed by atoms with Crippen molar-refractivity contribution in [2.45, 2.75) is 13.5 Å². The predicted octanol–water partition coefficient (Wildman–Crippen LogP) is 5.18. The first kappa shape index (κ1) is 21.7. The van der Waals surface area contributed by atoms with Gasteiger partial charge in [0.05, 0.1) is 28.4 Å². The number of oxime groups is 1. The third-order valence-electron chi connectivity index (χ3n) is 4.25. The van der Waals surface area contributed by atoms with E-state index in [9.17, 15) is 14.7 Å². The first-order chi connectivity index (χ1) is 14.5. The van der Waals surface area contributed by atoms with E-state index in [1.807, 2.05) is 41.8 Å². The number of para-hydroxylation sites is 1. The molecule has 0 unspecified atom stereocenters. The Labute approximate surface area is 186 Å². The highest BCUT2D eigenvalue weighted by Crippen LogP contribution is 2.24. The highest BCUT2D eigenvalue weighted by Gasteiger charge is 2.22. The van der Waals surface area contributed by atoms with Crippen LogP contribution in [0.25, 0.3) is 0 Å². The van der Waals surface area contributed by atoms with Crippen molar-refractivity contribution in [3.63, 3.8) is 0 Å². The molecular formula is C22H19BrN2O4S. The van der Waals surface area contributed by atoms with Crippen molar-refractivity contribution in [2.75, 3.05) is 11.5 Å². The largest absolute Gasteiger partial charge is 0.478 e. The summed E-state index contributed by atoms with van der Waals surface area (Å²) < 4.78 is 0.914. The average Bonchev–Trinajstić information content (AvgIpc) is 3.28. The van der Waals surface area contributed by atoms with E-state index in [1.54, 1.807) is 25.1 Å². The van der Waals surface area contributed by atoms with Crippen molar-refractivity contribution in [3.05, 3.63) is 86.5 Å². The maximum atomic E-state index is 13.0. The number of anilines is 1. The number of carbonyl (C=O) groups is 2. The van der Waals surface area contributed by atoms with Gasteiger partial charge in [-0.25, -0.2) is 4.79 Å². The Morgan fingerprint density at radius 1 is 1.10 bits per heavy atom. The molecule has 8 heteroatoms. The normalized spacial score (nSPS) is 11.2. The molecule has 1 amide bonds. The van der Waals surface area contributed by atoms with Crippen molar-refractivity contribution in [2.24, 2.45) is 5.16 Å². The molecule has 0 bridgehead atoms. The molecule has 3 aromatic rings. The van der Waals surface area contributed by atoms with Crippen LogP contribution in [0.1, 0.15) is 27.7 Å². The van der Waals surface area contributed by atoms with Crippen LogP contribution in [0.2, 0.25) is 0 Å². The molecule has 3 rings (SSSR count). The van der Waals surface area contributed by atoms with Crippen LogP contribution in [0.3, 0.4) is 0 Å². The van der Waals surface area contributed by atoms with Gasteiger partial charge in [0, 0.05) is 4.47 Å². The van der Waals surface area contributed by atoms with E-state index >= 15 is 0 Å². The third-order valence-corrected chi connectivity index (χ3v) is 5.75. The van der Waals surface area contributed by atoms with Gasteiger partial charge in [0.15, 0.2) is 6.61 Å². The lowest BCUT2D eigenvalue weighted by molar-refractivity contribution is -0.123. The van der Waals surface area contributed by atoms with Crippen LogP contribution in [0.4, 0.5) is 5.69 Å². The van der Waals surface area contributed by atoms with Crippen molar-refractivity contribution in [3.8, 4) is 0 Å². The number of carboxylic acid groups (broad SMARTS) is 1. The second-order valence-corrected chi connectivity index (χ2v) is 8.22. The highest BCUT2D eigenvalue weighted by atomic mass is 79.9. The maximum Gasteiger partial charge on any atom is 0.337 e. The third kappa shape index (κ3) is 5.55. The standard InChI is InChI=1S/C22H19BrN2O4S/c1-15(20-7-4-12-30-20)24-29-14-21(26)25(13-16-8-10-17(23)11-9-16)19-6-3-2-5-18(19)22(27)28/h2-12H,13-14H2,1H3,(H,27,28). The van der Waals surface area contributed by atoms with Gasteiger partial charge >= 0.3 is 5.97 Å². The Morgan fingerprint density at radius 2 is 1.83 bits per heavy atom. The number of benzene rings is 2. The van der Waals surface area contributed by atoms with Crippen LogP contribution in [0.5, 0.6) is 0 Å². The van der Waals surface area contributed by atoms with E-state index < -0.39 is 11.9 Å². The number of thiophene rings is 1. The summed E-state index contributed by atoms with van der Waals surface area (Å²) in [7, 11) is 0. The molecule has 0 saturated heterocycles. The SMILES string of the molecule is CC(=NOCC(=O)N(Cc1ccc(Br)cc1)c1ccccc1C(=O)O)c1cccs1. The first-order valence-corrected chi connectivity index (χ1v) is 10.7. The van der Waals surface area contributed by atoms with Crippen LogP contribution in [0, 0.1) is 0 Å². The van der Waals surface area contributed by atoms with Crippen LogP contribution in [-0.2, 0) is 16.2 Å². The molecule has 2 aromatic carbocycles. The number of amides is 1. The Bertz CT molecular complexity index is 1050. The van der Waals surface area contributed by atoms with Crippen LogP contribution in [-0.4, -0.2) is 29.3 Å². The van der Waals surface area contributed by atoms with E-state index in [0.717, 1.165) is 14.9 Å². The fourth-order valence-corrected chi connectivity index (χ4v) is 3.69. The van der Waals surface area contributed by atoms with E-state index in [0.29, 0.717) is 11.4 Å². The van der Waals surface area contributed by atoms with Gasteiger partial charge in [-0.05, 0) is 48.2 Å². The molecule has 0 atom stereocenters. The molecule has 154 valence electrons. The number of hydrogen-bond donors (Lipinski definition) is 1. The summed E-state index contributed by atoms with van der Waals surface area (Å²) in [5, 5.41) is 15.5. The van der Waals surface area contributed by atoms with Gasteiger partial charge in [-0.3, -0.25) is 4.79 Å². The van der Waals surface area contributed by atoms with Crippen molar-refractivity contribution in [1.29, 1.82) is 0 Å². The Balaban J connectivity index is 1.83. The predicted molar refractivity (Wildman–Crippen MR) is 121 cm³/mol. The van der Waals surface area contributed by atoms with Crippen LogP contribution in [0.15, 0.2) is 75.7 Å².